The number of carbonyl (C=O) groups is 2. The van der Waals surface area contributed by atoms with E-state index in [9.17, 15) is 9.59 Å². The van der Waals surface area contributed by atoms with Crippen LogP contribution in [0.1, 0.15) is 12.8 Å². The average Bonchev–Trinajstić information content (AvgIpc) is 2.54. The Hall–Kier alpha value is -1.99. The molecule has 8 heteroatoms. The first kappa shape index (κ1) is 19.1. The lowest BCUT2D eigenvalue weighted by Gasteiger charge is -2.22. The van der Waals surface area contributed by atoms with Crippen molar-refractivity contribution in [1.29, 1.82) is 0 Å². The topological polar surface area (TPSA) is 103 Å². The third-order valence-corrected chi connectivity index (χ3v) is 3.47. The summed E-state index contributed by atoms with van der Waals surface area (Å²) in [6.07, 6.45) is 1.87. The molecule has 2 rings (SSSR count). The zero-order valence-corrected chi connectivity index (χ0v) is 13.8. The number of amides is 2. The predicted octanol–water partition coefficient (Wildman–Crippen LogP) is 0.919. The van der Waals surface area contributed by atoms with Gasteiger partial charge in [-0.05, 0) is 31.5 Å². The second kappa shape index (κ2) is 9.22. The smallest absolute Gasteiger partial charge is 0.255 e. The average molecular weight is 344 g/mol. The summed E-state index contributed by atoms with van der Waals surface area (Å²) < 4.78 is 10.4. The Bertz CT molecular complexity index is 548. The molecule has 1 fully saturated rings. The summed E-state index contributed by atoms with van der Waals surface area (Å²) in [7, 11) is 1.50. The second-order valence-corrected chi connectivity index (χ2v) is 5.15. The van der Waals surface area contributed by atoms with Gasteiger partial charge in [-0.2, -0.15) is 0 Å². The van der Waals surface area contributed by atoms with E-state index in [0.29, 0.717) is 23.7 Å². The Labute approximate surface area is 141 Å². The largest absolute Gasteiger partial charge is 0.493 e. The molecular weight excluding hydrogens is 322 g/mol. The highest BCUT2D eigenvalue weighted by Crippen LogP contribution is 2.30. The third-order valence-electron chi connectivity index (χ3n) is 3.47. The number of ether oxygens (including phenoxy) is 2. The maximum Gasteiger partial charge on any atom is 0.255 e. The molecule has 1 aromatic rings. The molecule has 0 spiro atoms. The number of halogens is 1. The molecule has 1 saturated heterocycles. The number of anilines is 1. The van der Waals surface area contributed by atoms with E-state index in [4.69, 9.17) is 15.2 Å². The van der Waals surface area contributed by atoms with Crippen molar-refractivity contribution in [3.05, 3.63) is 18.2 Å². The Morgan fingerprint density at radius 1 is 1.39 bits per heavy atom. The van der Waals surface area contributed by atoms with Crippen LogP contribution in [-0.4, -0.2) is 38.6 Å². The normalized spacial score (nSPS) is 16.8. The van der Waals surface area contributed by atoms with E-state index in [1.807, 2.05) is 0 Å². The van der Waals surface area contributed by atoms with Crippen LogP contribution in [0.25, 0.3) is 0 Å². The van der Waals surface area contributed by atoms with E-state index in [1.165, 1.54) is 7.11 Å². The second-order valence-electron chi connectivity index (χ2n) is 5.15. The van der Waals surface area contributed by atoms with Gasteiger partial charge < -0.3 is 25.8 Å². The molecule has 1 aliphatic rings. The summed E-state index contributed by atoms with van der Waals surface area (Å²) in [5, 5.41) is 6.07. The fourth-order valence-corrected chi connectivity index (χ4v) is 2.34. The van der Waals surface area contributed by atoms with Crippen molar-refractivity contribution in [3.8, 4) is 11.5 Å². The van der Waals surface area contributed by atoms with E-state index in [0.717, 1.165) is 19.4 Å². The molecule has 23 heavy (non-hydrogen) atoms. The molecule has 1 atom stereocenters. The van der Waals surface area contributed by atoms with Gasteiger partial charge in [0.15, 0.2) is 18.1 Å². The van der Waals surface area contributed by atoms with E-state index in [1.54, 1.807) is 18.2 Å². The number of nitrogens with one attached hydrogen (secondary N) is 2. The number of primary amides is 1. The third kappa shape index (κ3) is 5.61. The van der Waals surface area contributed by atoms with Gasteiger partial charge in [0.2, 0.25) is 5.91 Å². The monoisotopic (exact) mass is 343 g/mol. The molecule has 7 nitrogen and oxygen atoms in total. The Morgan fingerprint density at radius 3 is 2.78 bits per heavy atom. The van der Waals surface area contributed by atoms with Crippen LogP contribution in [-0.2, 0) is 9.59 Å². The lowest BCUT2D eigenvalue weighted by molar-refractivity contribution is -0.121. The summed E-state index contributed by atoms with van der Waals surface area (Å²) in [6, 6.07) is 5.02. The number of rotatable bonds is 6. The standard InChI is InChI=1S/C15H21N3O4.ClH/c1-21-12-5-4-11(7-13(12)22-9-14(16)19)18-15(20)10-3-2-6-17-8-10;/h4-5,7,10,17H,2-3,6,8-9H2,1H3,(H2,16,19)(H,18,20);1H. The highest BCUT2D eigenvalue weighted by Gasteiger charge is 2.21. The predicted molar refractivity (Wildman–Crippen MR) is 89.2 cm³/mol. The minimum atomic E-state index is -0.579. The molecule has 0 saturated carbocycles. The molecular formula is C15H22ClN3O4. The van der Waals surface area contributed by atoms with Gasteiger partial charge in [0, 0.05) is 18.3 Å². The number of piperidine rings is 1. The maximum atomic E-state index is 12.2. The first-order chi connectivity index (χ1) is 10.6. The van der Waals surface area contributed by atoms with Crippen molar-refractivity contribution in [2.75, 3.05) is 32.1 Å². The van der Waals surface area contributed by atoms with Crippen LogP contribution in [0.5, 0.6) is 11.5 Å². The first-order valence-corrected chi connectivity index (χ1v) is 7.21. The fourth-order valence-electron chi connectivity index (χ4n) is 2.34. The molecule has 128 valence electrons. The van der Waals surface area contributed by atoms with Gasteiger partial charge in [-0.1, -0.05) is 0 Å². The van der Waals surface area contributed by atoms with Crippen LogP contribution < -0.4 is 25.8 Å². The molecule has 0 radical (unpaired) electrons. The van der Waals surface area contributed by atoms with Gasteiger partial charge in [-0.3, -0.25) is 9.59 Å². The van der Waals surface area contributed by atoms with Crippen molar-refractivity contribution in [3.63, 3.8) is 0 Å². The van der Waals surface area contributed by atoms with E-state index >= 15 is 0 Å². The highest BCUT2D eigenvalue weighted by molar-refractivity contribution is 5.93. The molecule has 0 aromatic heterocycles. The van der Waals surface area contributed by atoms with Crippen LogP contribution >= 0.6 is 12.4 Å². The van der Waals surface area contributed by atoms with E-state index in [-0.39, 0.29) is 30.8 Å². The van der Waals surface area contributed by atoms with Crippen LogP contribution in [0, 0.1) is 5.92 Å². The maximum absolute atomic E-state index is 12.2. The number of hydrogen-bond acceptors (Lipinski definition) is 5. The lowest BCUT2D eigenvalue weighted by atomic mass is 9.99. The molecule has 0 aliphatic carbocycles. The molecule has 1 aliphatic heterocycles. The van der Waals surface area contributed by atoms with Gasteiger partial charge in [0.1, 0.15) is 0 Å². The summed E-state index contributed by atoms with van der Waals surface area (Å²) in [5.74, 6) is 0.188. The number of nitrogens with two attached hydrogens (primary N) is 1. The van der Waals surface area contributed by atoms with Crippen molar-refractivity contribution >= 4 is 29.9 Å². The number of carbonyl (C=O) groups excluding carboxylic acids is 2. The summed E-state index contributed by atoms with van der Waals surface area (Å²) in [4.78, 5) is 23.0. The summed E-state index contributed by atoms with van der Waals surface area (Å²) in [6.45, 7) is 1.39. The minimum absolute atomic E-state index is 0. The Balaban J connectivity index is 0.00000264. The van der Waals surface area contributed by atoms with E-state index in [2.05, 4.69) is 10.6 Å². The minimum Gasteiger partial charge on any atom is -0.493 e. The highest BCUT2D eigenvalue weighted by atomic mass is 35.5. The molecule has 0 bridgehead atoms. The van der Waals surface area contributed by atoms with Gasteiger partial charge in [0.05, 0.1) is 13.0 Å². The summed E-state index contributed by atoms with van der Waals surface area (Å²) >= 11 is 0. The zero-order chi connectivity index (χ0) is 15.9. The van der Waals surface area contributed by atoms with Gasteiger partial charge >= 0.3 is 0 Å². The number of hydrogen-bond donors (Lipinski definition) is 3. The molecule has 2 amide bonds. The number of benzene rings is 1. The van der Waals surface area contributed by atoms with Gasteiger partial charge in [-0.15, -0.1) is 12.4 Å². The quantitative estimate of drug-likeness (QED) is 0.712. The fraction of sp³-hybridized carbons (Fsp3) is 0.467. The van der Waals surface area contributed by atoms with Gasteiger partial charge in [0.25, 0.3) is 5.91 Å². The van der Waals surface area contributed by atoms with Crippen LogP contribution in [0.2, 0.25) is 0 Å². The van der Waals surface area contributed by atoms with Crippen LogP contribution in [0.3, 0.4) is 0 Å². The Kier molecular flexibility index (Phi) is 7.64. The van der Waals surface area contributed by atoms with Crippen molar-refractivity contribution in [1.82, 2.24) is 5.32 Å². The molecule has 1 heterocycles. The van der Waals surface area contributed by atoms with E-state index < -0.39 is 5.91 Å². The van der Waals surface area contributed by atoms with Crippen molar-refractivity contribution in [2.45, 2.75) is 12.8 Å². The van der Waals surface area contributed by atoms with Crippen molar-refractivity contribution in [2.24, 2.45) is 11.7 Å². The zero-order valence-electron chi connectivity index (χ0n) is 13.0. The Morgan fingerprint density at radius 2 is 2.17 bits per heavy atom. The SMILES string of the molecule is COc1ccc(NC(=O)C2CCCNC2)cc1OCC(N)=O.Cl. The number of methoxy groups -OCH3 is 1. The molecule has 4 N–H and O–H groups in total. The van der Waals surface area contributed by atoms with Gasteiger partial charge in [-0.25, -0.2) is 0 Å². The molecule has 1 unspecified atom stereocenters. The molecule has 1 aromatic carbocycles. The summed E-state index contributed by atoms with van der Waals surface area (Å²) in [5.41, 5.74) is 5.66. The van der Waals surface area contributed by atoms with Crippen LogP contribution in [0.4, 0.5) is 5.69 Å². The van der Waals surface area contributed by atoms with Crippen LogP contribution in [0.15, 0.2) is 18.2 Å². The van der Waals surface area contributed by atoms with Crippen molar-refractivity contribution < 1.29 is 19.1 Å². The lowest BCUT2D eigenvalue weighted by Crippen LogP contribution is -2.37. The first-order valence-electron chi connectivity index (χ1n) is 7.21.